The standard InChI is InChI=1S/C22H27N3O3/c1-2-28-21(26)18-8-10-19(11-9-18)23-22(27)24-20-12-14-25(15-13-20)16-17-6-4-3-5-7-17/h3-11,20H,2,12-16H2,1H3,(H2,23,24,27). The minimum absolute atomic E-state index is 0.172. The first-order chi connectivity index (χ1) is 13.6. The van der Waals surface area contributed by atoms with Crippen LogP contribution in [0.15, 0.2) is 54.6 Å². The molecule has 6 heteroatoms. The summed E-state index contributed by atoms with van der Waals surface area (Å²) in [6.07, 6.45) is 1.87. The first-order valence-corrected chi connectivity index (χ1v) is 9.75. The lowest BCUT2D eigenvalue weighted by atomic mass is 10.0. The maximum atomic E-state index is 12.2. The molecule has 1 aliphatic rings. The van der Waals surface area contributed by atoms with Gasteiger partial charge in [-0.2, -0.15) is 0 Å². The summed E-state index contributed by atoms with van der Waals surface area (Å²) in [6.45, 7) is 4.99. The number of carbonyl (C=O) groups excluding carboxylic acids is 2. The molecule has 0 saturated carbocycles. The maximum absolute atomic E-state index is 12.2. The summed E-state index contributed by atoms with van der Waals surface area (Å²) in [5, 5.41) is 5.86. The summed E-state index contributed by atoms with van der Waals surface area (Å²) in [7, 11) is 0. The van der Waals surface area contributed by atoms with Crippen LogP contribution in [0.3, 0.4) is 0 Å². The lowest BCUT2D eigenvalue weighted by Crippen LogP contribution is -2.45. The molecule has 2 aromatic carbocycles. The largest absolute Gasteiger partial charge is 0.462 e. The van der Waals surface area contributed by atoms with Gasteiger partial charge >= 0.3 is 12.0 Å². The SMILES string of the molecule is CCOC(=O)c1ccc(NC(=O)NC2CCN(Cc3ccccc3)CC2)cc1. The second-order valence-corrected chi connectivity index (χ2v) is 6.93. The Labute approximate surface area is 165 Å². The van der Waals surface area contributed by atoms with Crippen LogP contribution in [0.2, 0.25) is 0 Å². The van der Waals surface area contributed by atoms with E-state index in [0.717, 1.165) is 32.5 Å². The Morgan fingerprint density at radius 1 is 1.04 bits per heavy atom. The van der Waals surface area contributed by atoms with Gasteiger partial charge in [-0.25, -0.2) is 9.59 Å². The lowest BCUT2D eigenvalue weighted by molar-refractivity contribution is 0.0526. The highest BCUT2D eigenvalue weighted by Gasteiger charge is 2.20. The fourth-order valence-electron chi connectivity index (χ4n) is 3.33. The molecule has 6 nitrogen and oxygen atoms in total. The number of esters is 1. The first kappa shape index (κ1) is 19.9. The number of ether oxygens (including phenoxy) is 1. The third-order valence-corrected chi connectivity index (χ3v) is 4.83. The zero-order chi connectivity index (χ0) is 19.8. The summed E-state index contributed by atoms with van der Waals surface area (Å²) in [6, 6.07) is 17.1. The highest BCUT2D eigenvalue weighted by Crippen LogP contribution is 2.15. The molecule has 0 aromatic heterocycles. The van der Waals surface area contributed by atoms with Gasteiger partial charge in [0.15, 0.2) is 0 Å². The number of urea groups is 1. The minimum atomic E-state index is -0.360. The minimum Gasteiger partial charge on any atom is -0.462 e. The molecule has 0 unspecified atom stereocenters. The Kier molecular flexibility index (Phi) is 7.03. The number of anilines is 1. The number of nitrogens with zero attached hydrogens (tertiary/aromatic N) is 1. The third-order valence-electron chi connectivity index (χ3n) is 4.83. The molecule has 2 aromatic rings. The fraction of sp³-hybridized carbons (Fsp3) is 0.364. The number of benzene rings is 2. The van der Waals surface area contributed by atoms with Crippen molar-refractivity contribution in [3.8, 4) is 0 Å². The van der Waals surface area contributed by atoms with Gasteiger partial charge in [-0.15, -0.1) is 0 Å². The van der Waals surface area contributed by atoms with Gasteiger partial charge in [-0.3, -0.25) is 4.90 Å². The Morgan fingerprint density at radius 2 is 1.71 bits per heavy atom. The van der Waals surface area contributed by atoms with Crippen molar-refractivity contribution in [2.24, 2.45) is 0 Å². The van der Waals surface area contributed by atoms with E-state index in [1.807, 2.05) is 6.07 Å². The van der Waals surface area contributed by atoms with Crippen molar-refractivity contribution in [2.75, 3.05) is 25.0 Å². The number of hydrogen-bond donors (Lipinski definition) is 2. The number of amides is 2. The van der Waals surface area contributed by atoms with E-state index in [9.17, 15) is 9.59 Å². The Morgan fingerprint density at radius 3 is 2.36 bits per heavy atom. The zero-order valence-electron chi connectivity index (χ0n) is 16.2. The van der Waals surface area contributed by atoms with Crippen LogP contribution in [-0.2, 0) is 11.3 Å². The summed E-state index contributed by atoms with van der Waals surface area (Å²) in [5.74, 6) is -0.360. The van der Waals surface area contributed by atoms with Gasteiger partial charge in [-0.1, -0.05) is 30.3 Å². The fourth-order valence-corrected chi connectivity index (χ4v) is 3.33. The predicted octanol–water partition coefficient (Wildman–Crippen LogP) is 3.65. The lowest BCUT2D eigenvalue weighted by Gasteiger charge is -2.32. The van der Waals surface area contributed by atoms with Crippen LogP contribution in [-0.4, -0.2) is 42.6 Å². The number of rotatable bonds is 6. The quantitative estimate of drug-likeness (QED) is 0.750. The topological polar surface area (TPSA) is 70.7 Å². The van der Waals surface area contributed by atoms with Crippen LogP contribution in [0.4, 0.5) is 10.5 Å². The van der Waals surface area contributed by atoms with Crippen molar-refractivity contribution in [1.82, 2.24) is 10.2 Å². The average molecular weight is 381 g/mol. The van der Waals surface area contributed by atoms with Crippen LogP contribution in [0.5, 0.6) is 0 Å². The Bertz CT molecular complexity index is 769. The maximum Gasteiger partial charge on any atom is 0.338 e. The van der Waals surface area contributed by atoms with E-state index >= 15 is 0 Å². The molecular weight excluding hydrogens is 354 g/mol. The molecule has 0 bridgehead atoms. The van der Waals surface area contributed by atoms with Crippen molar-refractivity contribution in [3.63, 3.8) is 0 Å². The molecule has 3 rings (SSSR count). The number of nitrogens with one attached hydrogen (secondary N) is 2. The van der Waals surface area contributed by atoms with Crippen LogP contribution in [0.25, 0.3) is 0 Å². The van der Waals surface area contributed by atoms with Crippen LogP contribution < -0.4 is 10.6 Å². The van der Waals surface area contributed by atoms with Crippen LogP contribution in [0.1, 0.15) is 35.7 Å². The molecule has 0 spiro atoms. The Hall–Kier alpha value is -2.86. The smallest absolute Gasteiger partial charge is 0.338 e. The highest BCUT2D eigenvalue weighted by atomic mass is 16.5. The van der Waals surface area contributed by atoms with Crippen molar-refractivity contribution >= 4 is 17.7 Å². The van der Waals surface area contributed by atoms with Gasteiger partial charge in [0, 0.05) is 31.4 Å². The predicted molar refractivity (Wildman–Crippen MR) is 109 cm³/mol. The van der Waals surface area contributed by atoms with E-state index in [2.05, 4.69) is 39.8 Å². The Balaban J connectivity index is 1.41. The van der Waals surface area contributed by atoms with Crippen LogP contribution in [0, 0.1) is 0 Å². The molecule has 28 heavy (non-hydrogen) atoms. The summed E-state index contributed by atoms with van der Waals surface area (Å²) in [5.41, 5.74) is 2.43. The van der Waals surface area contributed by atoms with Gasteiger partial charge < -0.3 is 15.4 Å². The van der Waals surface area contributed by atoms with Crippen LogP contribution >= 0.6 is 0 Å². The number of hydrogen-bond acceptors (Lipinski definition) is 4. The number of likely N-dealkylation sites (tertiary alicyclic amines) is 1. The molecular formula is C22H27N3O3. The van der Waals surface area contributed by atoms with Gasteiger partial charge in [0.2, 0.25) is 0 Å². The molecule has 1 heterocycles. The molecule has 2 amide bonds. The molecule has 2 N–H and O–H groups in total. The van der Waals surface area contributed by atoms with E-state index in [1.165, 1.54) is 5.56 Å². The molecule has 148 valence electrons. The normalized spacial score (nSPS) is 15.0. The highest BCUT2D eigenvalue weighted by molar-refractivity contribution is 5.92. The van der Waals surface area contributed by atoms with Gasteiger partial charge in [-0.05, 0) is 49.6 Å². The van der Waals surface area contributed by atoms with Crippen molar-refractivity contribution < 1.29 is 14.3 Å². The number of carbonyl (C=O) groups is 2. The van der Waals surface area contributed by atoms with E-state index in [0.29, 0.717) is 17.9 Å². The van der Waals surface area contributed by atoms with Crippen molar-refractivity contribution in [3.05, 3.63) is 65.7 Å². The molecule has 1 saturated heterocycles. The van der Waals surface area contributed by atoms with Gasteiger partial charge in [0.1, 0.15) is 0 Å². The first-order valence-electron chi connectivity index (χ1n) is 9.75. The van der Waals surface area contributed by atoms with E-state index < -0.39 is 0 Å². The molecule has 0 atom stereocenters. The summed E-state index contributed by atoms with van der Waals surface area (Å²) in [4.78, 5) is 26.3. The molecule has 1 fully saturated rings. The molecule has 0 aliphatic carbocycles. The van der Waals surface area contributed by atoms with E-state index in [1.54, 1.807) is 31.2 Å². The third kappa shape index (κ3) is 5.82. The average Bonchev–Trinajstić information content (AvgIpc) is 2.71. The van der Waals surface area contributed by atoms with Gasteiger partial charge in [0.25, 0.3) is 0 Å². The van der Waals surface area contributed by atoms with E-state index in [-0.39, 0.29) is 18.0 Å². The molecule has 0 radical (unpaired) electrons. The second-order valence-electron chi connectivity index (χ2n) is 6.93. The number of piperidine rings is 1. The zero-order valence-corrected chi connectivity index (χ0v) is 16.2. The van der Waals surface area contributed by atoms with Crippen molar-refractivity contribution in [1.29, 1.82) is 0 Å². The monoisotopic (exact) mass is 381 g/mol. The van der Waals surface area contributed by atoms with Crippen molar-refractivity contribution in [2.45, 2.75) is 32.4 Å². The second kappa shape index (κ2) is 9.90. The van der Waals surface area contributed by atoms with E-state index in [4.69, 9.17) is 4.74 Å². The summed E-state index contributed by atoms with van der Waals surface area (Å²) >= 11 is 0. The van der Waals surface area contributed by atoms with Gasteiger partial charge in [0.05, 0.1) is 12.2 Å². The summed E-state index contributed by atoms with van der Waals surface area (Å²) < 4.78 is 4.95. The molecule has 1 aliphatic heterocycles.